The summed E-state index contributed by atoms with van der Waals surface area (Å²) in [5.41, 5.74) is -0.466. The molecule has 2 nitrogen and oxygen atoms in total. The first-order chi connectivity index (χ1) is 7.12. The molecule has 1 rings (SSSR count). The van der Waals surface area contributed by atoms with Crippen molar-refractivity contribution in [3.63, 3.8) is 0 Å². The van der Waals surface area contributed by atoms with Crippen LogP contribution in [-0.4, -0.2) is 14.6 Å². The normalized spacial score (nSPS) is 14.8. The average molecular weight is 293 g/mol. The van der Waals surface area contributed by atoms with Crippen molar-refractivity contribution in [2.24, 2.45) is 0 Å². The quantitative estimate of drug-likeness (QED) is 0.782. The Kier molecular flexibility index (Phi) is 3.76. The molecule has 8 heteroatoms. The zero-order valence-corrected chi connectivity index (χ0v) is 9.83. The van der Waals surface area contributed by atoms with Crippen molar-refractivity contribution in [3.05, 3.63) is 34.9 Å². The van der Waals surface area contributed by atoms with E-state index in [4.69, 9.17) is 22.3 Å². The zero-order chi connectivity index (χ0) is 12.6. The minimum atomic E-state index is -4.96. The molecule has 0 amide bonds. The lowest BCUT2D eigenvalue weighted by atomic mass is 10.1. The molecular formula is C8H5Cl2F3O2S. The molecule has 1 aromatic carbocycles. The van der Waals surface area contributed by atoms with E-state index in [-0.39, 0.29) is 5.02 Å². The van der Waals surface area contributed by atoms with Gasteiger partial charge in [-0.3, -0.25) is 0 Å². The van der Waals surface area contributed by atoms with Crippen molar-refractivity contribution in [1.29, 1.82) is 0 Å². The molecule has 1 atom stereocenters. The van der Waals surface area contributed by atoms with Gasteiger partial charge in [0.15, 0.2) is 5.25 Å². The summed E-state index contributed by atoms with van der Waals surface area (Å²) < 4.78 is 59.3. The van der Waals surface area contributed by atoms with Crippen LogP contribution in [0.2, 0.25) is 5.02 Å². The lowest BCUT2D eigenvalue weighted by Gasteiger charge is -2.17. The predicted octanol–water partition coefficient (Wildman–Crippen LogP) is 3.51. The van der Waals surface area contributed by atoms with Crippen LogP contribution >= 0.6 is 22.3 Å². The Bertz CT molecular complexity index is 467. The van der Waals surface area contributed by atoms with Crippen molar-refractivity contribution < 1.29 is 21.6 Å². The van der Waals surface area contributed by atoms with E-state index < -0.39 is 26.0 Å². The van der Waals surface area contributed by atoms with E-state index in [9.17, 15) is 21.6 Å². The van der Waals surface area contributed by atoms with E-state index in [0.717, 1.165) is 24.3 Å². The number of benzene rings is 1. The smallest absolute Gasteiger partial charge is 0.211 e. The molecule has 0 aliphatic rings. The first kappa shape index (κ1) is 13.6. The topological polar surface area (TPSA) is 34.1 Å². The maximum absolute atomic E-state index is 12.5. The lowest BCUT2D eigenvalue weighted by molar-refractivity contribution is -0.131. The molecule has 90 valence electrons. The van der Waals surface area contributed by atoms with Crippen LogP contribution < -0.4 is 0 Å². The molecule has 0 saturated heterocycles. The highest BCUT2D eigenvalue weighted by Crippen LogP contribution is 2.41. The predicted molar refractivity (Wildman–Crippen MR) is 55.0 cm³/mol. The van der Waals surface area contributed by atoms with E-state index >= 15 is 0 Å². The largest absolute Gasteiger partial charge is 0.410 e. The minimum absolute atomic E-state index is 0.205. The van der Waals surface area contributed by atoms with Gasteiger partial charge in [-0.05, 0) is 17.7 Å². The van der Waals surface area contributed by atoms with Crippen molar-refractivity contribution in [2.75, 3.05) is 0 Å². The van der Waals surface area contributed by atoms with Gasteiger partial charge in [-0.2, -0.15) is 13.2 Å². The molecule has 0 fully saturated rings. The summed E-state index contributed by atoms with van der Waals surface area (Å²) in [5.74, 6) is 0. The Balaban J connectivity index is 3.29. The summed E-state index contributed by atoms with van der Waals surface area (Å²) in [6.07, 6.45) is -4.96. The fourth-order valence-electron chi connectivity index (χ4n) is 1.15. The highest BCUT2D eigenvalue weighted by Gasteiger charge is 2.49. The van der Waals surface area contributed by atoms with Crippen molar-refractivity contribution in [2.45, 2.75) is 11.4 Å². The standard InChI is InChI=1S/C8H5Cl2F3O2S/c9-6-3-1-5(2-4-6)7(8(11,12)13)16(10,14)15/h1-4,7H. The molecular weight excluding hydrogens is 288 g/mol. The lowest BCUT2D eigenvalue weighted by Crippen LogP contribution is -2.25. The third-order valence-electron chi connectivity index (χ3n) is 1.75. The highest BCUT2D eigenvalue weighted by atomic mass is 35.7. The summed E-state index contributed by atoms with van der Waals surface area (Å²) in [7, 11) is -0.00700. The molecule has 1 unspecified atom stereocenters. The van der Waals surface area contributed by atoms with E-state index in [1.165, 1.54) is 0 Å². The van der Waals surface area contributed by atoms with Crippen LogP contribution in [0.4, 0.5) is 13.2 Å². The van der Waals surface area contributed by atoms with Crippen LogP contribution in [0.5, 0.6) is 0 Å². The van der Waals surface area contributed by atoms with Crippen LogP contribution in [0.25, 0.3) is 0 Å². The van der Waals surface area contributed by atoms with E-state index in [1.54, 1.807) is 0 Å². The highest BCUT2D eigenvalue weighted by molar-refractivity contribution is 8.14. The Labute approximate surface area is 99.4 Å². The van der Waals surface area contributed by atoms with Crippen LogP contribution in [0.1, 0.15) is 10.8 Å². The molecule has 0 saturated carbocycles. The zero-order valence-electron chi connectivity index (χ0n) is 7.50. The Morgan fingerprint density at radius 2 is 1.56 bits per heavy atom. The molecule has 0 aliphatic carbocycles. The van der Waals surface area contributed by atoms with Crippen LogP contribution in [0, 0.1) is 0 Å². The van der Waals surface area contributed by atoms with Crippen LogP contribution in [0.3, 0.4) is 0 Å². The Morgan fingerprint density at radius 3 is 1.88 bits per heavy atom. The minimum Gasteiger partial charge on any atom is -0.211 e. The second-order valence-corrected chi connectivity index (χ2v) is 6.10. The van der Waals surface area contributed by atoms with E-state index in [0.29, 0.717) is 0 Å². The van der Waals surface area contributed by atoms with Gasteiger partial charge in [0.25, 0.3) is 0 Å². The second-order valence-electron chi connectivity index (χ2n) is 2.95. The second kappa shape index (κ2) is 4.43. The number of hydrogen-bond donors (Lipinski definition) is 0. The third kappa shape index (κ3) is 3.26. The van der Waals surface area contributed by atoms with E-state index in [2.05, 4.69) is 0 Å². The molecule has 0 bridgehead atoms. The summed E-state index contributed by atoms with van der Waals surface area (Å²) >= 11 is 5.48. The summed E-state index contributed by atoms with van der Waals surface area (Å²) in [5, 5.41) is -2.53. The fourth-order valence-corrected chi connectivity index (χ4v) is 2.69. The maximum atomic E-state index is 12.5. The molecule has 1 aromatic rings. The van der Waals surface area contributed by atoms with Gasteiger partial charge >= 0.3 is 6.18 Å². The molecule has 16 heavy (non-hydrogen) atoms. The van der Waals surface area contributed by atoms with Gasteiger partial charge in [-0.1, -0.05) is 23.7 Å². The first-order valence-electron chi connectivity index (χ1n) is 3.88. The molecule has 0 spiro atoms. The molecule has 0 N–H and O–H groups in total. The summed E-state index contributed by atoms with van der Waals surface area (Å²) in [4.78, 5) is 0. The molecule has 0 radical (unpaired) electrons. The number of rotatable bonds is 2. The Hall–Kier alpha value is -0.460. The number of halogens is 5. The van der Waals surface area contributed by atoms with Gasteiger partial charge in [0.05, 0.1) is 0 Å². The maximum Gasteiger partial charge on any atom is 0.410 e. The van der Waals surface area contributed by atoms with Crippen molar-refractivity contribution in [1.82, 2.24) is 0 Å². The van der Waals surface area contributed by atoms with Crippen LogP contribution in [-0.2, 0) is 9.05 Å². The molecule has 0 aromatic heterocycles. The van der Waals surface area contributed by atoms with E-state index in [1.807, 2.05) is 0 Å². The van der Waals surface area contributed by atoms with Gasteiger partial charge < -0.3 is 0 Å². The van der Waals surface area contributed by atoms with Crippen molar-refractivity contribution >= 4 is 31.3 Å². The summed E-state index contributed by atoms with van der Waals surface area (Å²) in [6.45, 7) is 0. The first-order valence-corrected chi connectivity index (χ1v) is 6.63. The molecule has 0 aliphatic heterocycles. The van der Waals surface area contributed by atoms with Crippen LogP contribution in [0.15, 0.2) is 24.3 Å². The Morgan fingerprint density at radius 1 is 1.12 bits per heavy atom. The number of hydrogen-bond acceptors (Lipinski definition) is 2. The van der Waals surface area contributed by atoms with Gasteiger partial charge in [0.2, 0.25) is 9.05 Å². The number of alkyl halides is 3. The average Bonchev–Trinajstić information content (AvgIpc) is 2.03. The monoisotopic (exact) mass is 292 g/mol. The molecule has 0 heterocycles. The van der Waals surface area contributed by atoms with Gasteiger partial charge in [-0.25, -0.2) is 8.42 Å². The third-order valence-corrected chi connectivity index (χ3v) is 3.64. The van der Waals surface area contributed by atoms with Gasteiger partial charge in [0, 0.05) is 15.7 Å². The summed E-state index contributed by atoms with van der Waals surface area (Å²) in [6, 6.07) is 4.27. The van der Waals surface area contributed by atoms with Crippen molar-refractivity contribution in [3.8, 4) is 0 Å². The SMILES string of the molecule is O=S(=O)(Cl)C(c1ccc(Cl)cc1)C(F)(F)F. The fraction of sp³-hybridized carbons (Fsp3) is 0.250. The van der Waals surface area contributed by atoms with Gasteiger partial charge in [0.1, 0.15) is 0 Å². The van der Waals surface area contributed by atoms with Gasteiger partial charge in [-0.15, -0.1) is 0 Å².